The summed E-state index contributed by atoms with van der Waals surface area (Å²) in [4.78, 5) is 23.2. The van der Waals surface area contributed by atoms with Crippen LogP contribution in [-0.2, 0) is 0 Å². The van der Waals surface area contributed by atoms with E-state index in [4.69, 9.17) is 0 Å². The summed E-state index contributed by atoms with van der Waals surface area (Å²) >= 11 is 0. The third-order valence-corrected chi connectivity index (χ3v) is 4.20. The first-order valence-corrected chi connectivity index (χ1v) is 7.96. The summed E-state index contributed by atoms with van der Waals surface area (Å²) in [7, 11) is 0. The number of nitrogens with zero attached hydrogens (tertiary/aromatic N) is 1. The number of carbonyl (C=O) groups excluding carboxylic acids is 1. The van der Waals surface area contributed by atoms with Crippen molar-refractivity contribution >= 4 is 23.0 Å². The lowest BCUT2D eigenvalue weighted by Crippen LogP contribution is -2.34. The summed E-state index contributed by atoms with van der Waals surface area (Å²) < 4.78 is 0. The fourth-order valence-electron chi connectivity index (χ4n) is 2.61. The zero-order valence-electron chi connectivity index (χ0n) is 13.4. The second-order valence-corrected chi connectivity index (χ2v) is 6.08. The molecule has 1 aliphatic rings. The van der Waals surface area contributed by atoms with Crippen LogP contribution in [0.2, 0.25) is 0 Å². The zero-order valence-corrected chi connectivity index (χ0v) is 13.4. The first-order valence-electron chi connectivity index (χ1n) is 7.96. The van der Waals surface area contributed by atoms with Crippen LogP contribution in [0.25, 0.3) is 0 Å². The van der Waals surface area contributed by atoms with Crippen LogP contribution in [0.1, 0.15) is 30.1 Å². The van der Waals surface area contributed by atoms with E-state index in [2.05, 4.69) is 10.6 Å². The van der Waals surface area contributed by atoms with Gasteiger partial charge in [-0.25, -0.2) is 0 Å². The number of para-hydroxylation sites is 1. The fourth-order valence-corrected chi connectivity index (χ4v) is 2.61. The van der Waals surface area contributed by atoms with Gasteiger partial charge in [0.05, 0.1) is 4.92 Å². The van der Waals surface area contributed by atoms with Crippen LogP contribution >= 0.6 is 0 Å². The van der Waals surface area contributed by atoms with Gasteiger partial charge in [0, 0.05) is 23.4 Å². The second kappa shape index (κ2) is 6.70. The van der Waals surface area contributed by atoms with Crippen molar-refractivity contribution in [2.75, 3.05) is 5.32 Å². The Morgan fingerprint density at radius 2 is 1.92 bits per heavy atom. The largest absolute Gasteiger partial charge is 0.350 e. The predicted octanol–water partition coefficient (Wildman–Crippen LogP) is 3.87. The van der Waals surface area contributed by atoms with Gasteiger partial charge in [-0.2, -0.15) is 0 Å². The summed E-state index contributed by atoms with van der Waals surface area (Å²) in [5, 5.41) is 17.3. The van der Waals surface area contributed by atoms with Crippen molar-refractivity contribution < 1.29 is 9.72 Å². The van der Waals surface area contributed by atoms with Crippen LogP contribution in [0.3, 0.4) is 0 Å². The van der Waals surface area contributed by atoms with Crippen molar-refractivity contribution in [3.05, 3.63) is 64.2 Å². The van der Waals surface area contributed by atoms with Crippen LogP contribution in [-0.4, -0.2) is 16.9 Å². The van der Waals surface area contributed by atoms with Gasteiger partial charge in [-0.15, -0.1) is 0 Å². The molecule has 1 unspecified atom stereocenters. The Bertz CT molecular complexity index is 757. The van der Waals surface area contributed by atoms with Crippen LogP contribution in [0.5, 0.6) is 0 Å². The highest BCUT2D eigenvalue weighted by Gasteiger charge is 2.29. The Kier molecular flexibility index (Phi) is 4.46. The number of nitrogens with one attached hydrogen (secondary N) is 2. The molecule has 2 N–H and O–H groups in total. The summed E-state index contributed by atoms with van der Waals surface area (Å²) in [5.74, 6) is 0.256. The third kappa shape index (κ3) is 3.71. The van der Waals surface area contributed by atoms with E-state index in [1.54, 1.807) is 12.1 Å². The molecule has 0 heterocycles. The fraction of sp³-hybridized carbons (Fsp3) is 0.278. The van der Waals surface area contributed by atoms with E-state index in [0.29, 0.717) is 17.2 Å². The van der Waals surface area contributed by atoms with E-state index in [1.807, 2.05) is 37.3 Å². The molecule has 6 nitrogen and oxygen atoms in total. The minimum Gasteiger partial charge on any atom is -0.350 e. The molecular formula is C18H19N3O3. The number of amides is 1. The predicted molar refractivity (Wildman–Crippen MR) is 92.5 cm³/mol. The highest BCUT2D eigenvalue weighted by molar-refractivity contribution is 5.96. The van der Waals surface area contributed by atoms with Gasteiger partial charge < -0.3 is 10.6 Å². The number of nitro benzene ring substituents is 1. The van der Waals surface area contributed by atoms with Gasteiger partial charge in [0.1, 0.15) is 5.69 Å². The monoisotopic (exact) mass is 325 g/mol. The molecule has 1 amide bonds. The van der Waals surface area contributed by atoms with E-state index in [-0.39, 0.29) is 17.6 Å². The Labute approximate surface area is 140 Å². The zero-order chi connectivity index (χ0) is 17.1. The quantitative estimate of drug-likeness (QED) is 0.624. The standard InChI is InChI=1S/C18H19N3O3/c1-12(13-7-8-13)19-18(22)14-9-10-16(17(11-14)21(23)24)20-15-5-3-2-4-6-15/h2-6,9-13,20H,7-8H2,1H3,(H,19,22). The molecule has 0 radical (unpaired) electrons. The van der Waals surface area contributed by atoms with Gasteiger partial charge in [-0.05, 0) is 49.9 Å². The molecule has 0 bridgehead atoms. The van der Waals surface area contributed by atoms with Crippen molar-refractivity contribution in [3.8, 4) is 0 Å². The minimum atomic E-state index is -0.480. The number of rotatable bonds is 6. The van der Waals surface area contributed by atoms with Crippen molar-refractivity contribution in [3.63, 3.8) is 0 Å². The molecule has 3 rings (SSSR count). The van der Waals surface area contributed by atoms with Crippen LogP contribution in [0.15, 0.2) is 48.5 Å². The van der Waals surface area contributed by atoms with Crippen molar-refractivity contribution in [2.45, 2.75) is 25.8 Å². The van der Waals surface area contributed by atoms with Gasteiger partial charge in [-0.3, -0.25) is 14.9 Å². The molecule has 124 valence electrons. The Morgan fingerprint density at radius 1 is 1.21 bits per heavy atom. The van der Waals surface area contributed by atoms with E-state index < -0.39 is 4.92 Å². The van der Waals surface area contributed by atoms with E-state index in [0.717, 1.165) is 18.5 Å². The first-order chi connectivity index (χ1) is 11.5. The summed E-state index contributed by atoms with van der Waals surface area (Å²) in [6, 6.07) is 13.8. The second-order valence-electron chi connectivity index (χ2n) is 6.08. The molecule has 0 aliphatic heterocycles. The summed E-state index contributed by atoms with van der Waals surface area (Å²) in [5.41, 5.74) is 1.29. The van der Waals surface area contributed by atoms with Crippen LogP contribution in [0, 0.1) is 16.0 Å². The molecule has 0 saturated heterocycles. The third-order valence-electron chi connectivity index (χ3n) is 4.20. The minimum absolute atomic E-state index is 0.0960. The normalized spacial score (nSPS) is 14.7. The van der Waals surface area contributed by atoms with Crippen LogP contribution in [0.4, 0.5) is 17.1 Å². The Morgan fingerprint density at radius 3 is 2.54 bits per heavy atom. The van der Waals surface area contributed by atoms with Crippen molar-refractivity contribution in [1.29, 1.82) is 0 Å². The average Bonchev–Trinajstić information content (AvgIpc) is 3.41. The van der Waals surface area contributed by atoms with Crippen LogP contribution < -0.4 is 10.6 Å². The van der Waals surface area contributed by atoms with E-state index >= 15 is 0 Å². The Hall–Kier alpha value is -2.89. The van der Waals surface area contributed by atoms with Gasteiger partial charge in [-0.1, -0.05) is 18.2 Å². The molecule has 6 heteroatoms. The summed E-state index contributed by atoms with van der Waals surface area (Å²) in [6.07, 6.45) is 2.25. The average molecular weight is 325 g/mol. The maximum Gasteiger partial charge on any atom is 0.293 e. The highest BCUT2D eigenvalue weighted by Crippen LogP contribution is 2.33. The number of hydrogen-bond donors (Lipinski definition) is 2. The molecule has 1 saturated carbocycles. The highest BCUT2D eigenvalue weighted by atomic mass is 16.6. The first kappa shape index (κ1) is 16.0. The molecule has 1 atom stereocenters. The van der Waals surface area contributed by atoms with E-state index in [1.165, 1.54) is 6.07 Å². The molecule has 2 aromatic rings. The molecule has 0 spiro atoms. The maximum atomic E-state index is 12.3. The number of hydrogen-bond acceptors (Lipinski definition) is 4. The molecule has 1 fully saturated rings. The number of anilines is 2. The van der Waals surface area contributed by atoms with Gasteiger partial charge in [0.2, 0.25) is 0 Å². The molecule has 1 aliphatic carbocycles. The maximum absolute atomic E-state index is 12.3. The SMILES string of the molecule is CC(NC(=O)c1ccc(Nc2ccccc2)c([N+](=O)[O-])c1)C1CC1. The summed E-state index contributed by atoms with van der Waals surface area (Å²) in [6.45, 7) is 1.97. The lowest BCUT2D eigenvalue weighted by atomic mass is 10.1. The van der Waals surface area contributed by atoms with E-state index in [9.17, 15) is 14.9 Å². The lowest BCUT2D eigenvalue weighted by molar-refractivity contribution is -0.383. The smallest absolute Gasteiger partial charge is 0.293 e. The molecule has 2 aromatic carbocycles. The molecule has 0 aromatic heterocycles. The van der Waals surface area contributed by atoms with Gasteiger partial charge >= 0.3 is 0 Å². The lowest BCUT2D eigenvalue weighted by Gasteiger charge is -2.13. The van der Waals surface area contributed by atoms with Gasteiger partial charge in [0.25, 0.3) is 11.6 Å². The Balaban J connectivity index is 1.81. The number of carbonyl (C=O) groups is 1. The van der Waals surface area contributed by atoms with Crippen molar-refractivity contribution in [2.24, 2.45) is 5.92 Å². The molecule has 24 heavy (non-hydrogen) atoms. The van der Waals surface area contributed by atoms with Crippen molar-refractivity contribution in [1.82, 2.24) is 5.32 Å². The topological polar surface area (TPSA) is 84.3 Å². The number of nitro groups is 1. The molecular weight excluding hydrogens is 306 g/mol. The van der Waals surface area contributed by atoms with Gasteiger partial charge in [0.15, 0.2) is 0 Å². The number of benzene rings is 2.